The number of rotatable bonds is 4. The van der Waals surface area contributed by atoms with Gasteiger partial charge in [0, 0.05) is 13.1 Å². The fourth-order valence-corrected chi connectivity index (χ4v) is 2.68. The third-order valence-electron chi connectivity index (χ3n) is 3.58. The molecule has 1 unspecified atom stereocenters. The molecule has 8 heteroatoms. The fraction of sp³-hybridized carbons (Fsp3) is 0.667. The zero-order valence-electron chi connectivity index (χ0n) is 10.9. The van der Waals surface area contributed by atoms with Crippen LogP contribution in [0.5, 0.6) is 0 Å². The summed E-state index contributed by atoms with van der Waals surface area (Å²) in [5.74, 6) is -0.994. The number of aromatic nitrogens is 2. The van der Waals surface area contributed by atoms with Crippen LogP contribution < -0.4 is 5.32 Å². The fourth-order valence-electron chi connectivity index (χ4n) is 2.45. The van der Waals surface area contributed by atoms with E-state index < -0.39 is 23.9 Å². The Morgan fingerprint density at radius 3 is 2.80 bits per heavy atom. The van der Waals surface area contributed by atoms with Crippen LogP contribution in [0.3, 0.4) is 0 Å². The molecule has 1 saturated heterocycles. The smallest absolute Gasteiger partial charge is 0.315 e. The van der Waals surface area contributed by atoms with Gasteiger partial charge in [-0.2, -0.15) is 18.3 Å². The molecule has 4 nitrogen and oxygen atoms in total. The van der Waals surface area contributed by atoms with Crippen LogP contribution in [0.25, 0.3) is 0 Å². The second kappa shape index (κ2) is 5.37. The highest BCUT2D eigenvalue weighted by atomic mass is 35.5. The summed E-state index contributed by atoms with van der Waals surface area (Å²) >= 11 is 5.87. The number of hydrogen-bond acceptors (Lipinski definition) is 3. The first-order chi connectivity index (χ1) is 9.33. The van der Waals surface area contributed by atoms with Gasteiger partial charge in [-0.15, -0.1) is 0 Å². The SMILES string of the molecule is CCCn1ncc(Cl)c1C(=O)C1(C(F)(F)F)CCNC1. The largest absolute Gasteiger partial charge is 0.403 e. The summed E-state index contributed by atoms with van der Waals surface area (Å²) in [6.45, 7) is 1.95. The standard InChI is InChI=1S/C12H15ClF3N3O/c1-2-5-19-9(8(13)6-18-19)10(20)11(12(14,15)16)3-4-17-7-11/h6,17H,2-5,7H2,1H3. The van der Waals surface area contributed by atoms with E-state index in [1.165, 1.54) is 10.9 Å². The molecule has 1 atom stereocenters. The van der Waals surface area contributed by atoms with Crippen molar-refractivity contribution in [2.75, 3.05) is 13.1 Å². The summed E-state index contributed by atoms with van der Waals surface area (Å²) in [4.78, 5) is 12.5. The van der Waals surface area contributed by atoms with E-state index in [9.17, 15) is 18.0 Å². The summed E-state index contributed by atoms with van der Waals surface area (Å²) in [5.41, 5.74) is -2.54. The van der Waals surface area contributed by atoms with Crippen LogP contribution in [0.15, 0.2) is 6.20 Å². The van der Waals surface area contributed by atoms with Crippen molar-refractivity contribution in [1.29, 1.82) is 0 Å². The van der Waals surface area contributed by atoms with Crippen LogP contribution in [0, 0.1) is 5.41 Å². The van der Waals surface area contributed by atoms with Crippen LogP contribution in [0.4, 0.5) is 13.2 Å². The number of aryl methyl sites for hydroxylation is 1. The second-order valence-corrected chi connectivity index (χ2v) is 5.31. The molecule has 2 rings (SSSR count). The molecule has 1 aliphatic heterocycles. The molecule has 1 fully saturated rings. The number of nitrogens with zero attached hydrogens (tertiary/aromatic N) is 2. The van der Waals surface area contributed by atoms with E-state index in [0.717, 1.165) is 0 Å². The number of hydrogen-bond donors (Lipinski definition) is 1. The number of ketones is 1. The van der Waals surface area contributed by atoms with E-state index in [4.69, 9.17) is 11.6 Å². The Kier molecular flexibility index (Phi) is 4.11. The minimum absolute atomic E-state index is 0.0287. The van der Waals surface area contributed by atoms with Crippen molar-refractivity contribution in [1.82, 2.24) is 15.1 Å². The summed E-state index contributed by atoms with van der Waals surface area (Å²) in [5, 5.41) is 6.48. The lowest BCUT2D eigenvalue weighted by Gasteiger charge is -2.29. The van der Waals surface area contributed by atoms with Gasteiger partial charge in [0.1, 0.15) is 11.1 Å². The minimum atomic E-state index is -4.61. The van der Waals surface area contributed by atoms with Crippen molar-refractivity contribution in [3.05, 3.63) is 16.9 Å². The number of alkyl halides is 3. The van der Waals surface area contributed by atoms with Crippen LogP contribution in [0.2, 0.25) is 5.02 Å². The van der Waals surface area contributed by atoms with Gasteiger partial charge in [0.25, 0.3) is 0 Å². The van der Waals surface area contributed by atoms with Gasteiger partial charge in [0.2, 0.25) is 0 Å². The topological polar surface area (TPSA) is 46.9 Å². The Balaban J connectivity index is 2.46. The van der Waals surface area contributed by atoms with Crippen molar-refractivity contribution in [2.24, 2.45) is 5.41 Å². The number of carbonyl (C=O) groups is 1. The van der Waals surface area contributed by atoms with Gasteiger partial charge in [-0.1, -0.05) is 18.5 Å². The van der Waals surface area contributed by atoms with E-state index in [-0.39, 0.29) is 23.7 Å². The number of halogens is 4. The van der Waals surface area contributed by atoms with Crippen LogP contribution in [-0.2, 0) is 6.54 Å². The summed E-state index contributed by atoms with van der Waals surface area (Å²) < 4.78 is 41.4. The molecule has 0 saturated carbocycles. The maximum Gasteiger partial charge on any atom is 0.403 e. The van der Waals surface area contributed by atoms with Gasteiger partial charge in [0.15, 0.2) is 5.78 Å². The molecule has 1 aromatic heterocycles. The van der Waals surface area contributed by atoms with E-state index in [2.05, 4.69) is 10.4 Å². The Hall–Kier alpha value is -1.08. The number of carbonyl (C=O) groups excluding carboxylic acids is 1. The molecule has 1 aliphatic rings. The first-order valence-corrected chi connectivity index (χ1v) is 6.75. The molecule has 0 bridgehead atoms. The molecular weight excluding hydrogens is 295 g/mol. The van der Waals surface area contributed by atoms with Gasteiger partial charge >= 0.3 is 6.18 Å². The average molecular weight is 310 g/mol. The number of nitrogens with one attached hydrogen (secondary N) is 1. The normalized spacial score (nSPS) is 23.2. The van der Waals surface area contributed by atoms with E-state index in [0.29, 0.717) is 13.0 Å². The van der Waals surface area contributed by atoms with Gasteiger partial charge in [-0.25, -0.2) is 0 Å². The van der Waals surface area contributed by atoms with Crippen molar-refractivity contribution in [2.45, 2.75) is 32.5 Å². The monoisotopic (exact) mass is 309 g/mol. The summed E-state index contributed by atoms with van der Waals surface area (Å²) in [6.07, 6.45) is -3.02. The van der Waals surface area contributed by atoms with E-state index >= 15 is 0 Å². The lowest BCUT2D eigenvalue weighted by molar-refractivity contribution is -0.197. The van der Waals surface area contributed by atoms with Gasteiger partial charge < -0.3 is 5.32 Å². The quantitative estimate of drug-likeness (QED) is 0.870. The second-order valence-electron chi connectivity index (χ2n) is 4.90. The Bertz CT molecular complexity index is 507. The Labute approximate surface area is 119 Å². The summed E-state index contributed by atoms with van der Waals surface area (Å²) in [6, 6.07) is 0. The molecular formula is C12H15ClF3N3O. The maximum absolute atomic E-state index is 13.4. The third-order valence-corrected chi connectivity index (χ3v) is 3.85. The van der Waals surface area contributed by atoms with Crippen molar-refractivity contribution in [3.63, 3.8) is 0 Å². The van der Waals surface area contributed by atoms with Crippen molar-refractivity contribution >= 4 is 17.4 Å². The van der Waals surface area contributed by atoms with Crippen LogP contribution in [0.1, 0.15) is 30.3 Å². The van der Waals surface area contributed by atoms with Crippen LogP contribution in [-0.4, -0.2) is 34.8 Å². The Morgan fingerprint density at radius 1 is 1.60 bits per heavy atom. The highest BCUT2D eigenvalue weighted by Gasteiger charge is 2.62. The Morgan fingerprint density at radius 2 is 2.30 bits per heavy atom. The zero-order valence-corrected chi connectivity index (χ0v) is 11.7. The van der Waals surface area contributed by atoms with E-state index in [1.807, 2.05) is 6.92 Å². The highest BCUT2D eigenvalue weighted by Crippen LogP contribution is 2.46. The van der Waals surface area contributed by atoms with Gasteiger partial charge in [-0.3, -0.25) is 9.48 Å². The zero-order chi connectivity index (χ0) is 15.0. The van der Waals surface area contributed by atoms with Crippen molar-refractivity contribution in [3.8, 4) is 0 Å². The third kappa shape index (κ3) is 2.33. The molecule has 0 aromatic carbocycles. The lowest BCUT2D eigenvalue weighted by Crippen LogP contribution is -2.47. The van der Waals surface area contributed by atoms with Gasteiger partial charge in [-0.05, 0) is 19.4 Å². The molecule has 20 heavy (non-hydrogen) atoms. The molecule has 0 aliphatic carbocycles. The van der Waals surface area contributed by atoms with Crippen LogP contribution >= 0.6 is 11.6 Å². The molecule has 112 valence electrons. The predicted molar refractivity (Wildman–Crippen MR) is 67.8 cm³/mol. The lowest BCUT2D eigenvalue weighted by atomic mass is 9.80. The van der Waals surface area contributed by atoms with E-state index in [1.54, 1.807) is 0 Å². The summed E-state index contributed by atoms with van der Waals surface area (Å²) in [7, 11) is 0. The molecule has 0 radical (unpaired) electrons. The molecule has 0 amide bonds. The van der Waals surface area contributed by atoms with Crippen molar-refractivity contribution < 1.29 is 18.0 Å². The minimum Gasteiger partial charge on any atom is -0.315 e. The molecule has 1 aromatic rings. The molecule has 1 N–H and O–H groups in total. The first-order valence-electron chi connectivity index (χ1n) is 6.37. The average Bonchev–Trinajstić information content (AvgIpc) is 2.96. The highest BCUT2D eigenvalue weighted by molar-refractivity contribution is 6.33. The first kappa shape index (κ1) is 15.3. The molecule has 2 heterocycles. The maximum atomic E-state index is 13.4. The van der Waals surface area contributed by atoms with Gasteiger partial charge in [0.05, 0.1) is 11.2 Å². The molecule has 0 spiro atoms. The number of Topliss-reactive ketones (excluding diaryl/α,β-unsaturated/α-hetero) is 1. The predicted octanol–water partition coefficient (Wildman–Crippen LogP) is 2.67.